The van der Waals surface area contributed by atoms with E-state index in [1.165, 1.54) is 5.56 Å². The first-order chi connectivity index (χ1) is 9.58. The van der Waals surface area contributed by atoms with E-state index in [4.69, 9.17) is 9.84 Å². The van der Waals surface area contributed by atoms with Crippen LogP contribution in [0.25, 0.3) is 0 Å². The van der Waals surface area contributed by atoms with Gasteiger partial charge in [-0.3, -0.25) is 0 Å². The Balaban J connectivity index is 2.77. The summed E-state index contributed by atoms with van der Waals surface area (Å²) in [5.41, 5.74) is 2.30. The summed E-state index contributed by atoms with van der Waals surface area (Å²) in [6, 6.07) is 2.61. The molecule has 0 amide bonds. The van der Waals surface area contributed by atoms with Crippen LogP contribution in [0.15, 0.2) is 12.3 Å². The molecule has 0 radical (unpaired) electrons. The van der Waals surface area contributed by atoms with Gasteiger partial charge >= 0.3 is 0 Å². The summed E-state index contributed by atoms with van der Waals surface area (Å²) in [4.78, 5) is 6.60. The number of aryl methyl sites for hydroxylation is 1. The van der Waals surface area contributed by atoms with Crippen LogP contribution in [-0.4, -0.2) is 49.5 Å². The SMILES string of the molecule is COCCN(CCO)c1ncc(CNC(C)C)cc1C. The molecule has 0 aliphatic rings. The van der Waals surface area contributed by atoms with Gasteiger partial charge in [0.15, 0.2) is 0 Å². The molecule has 5 nitrogen and oxygen atoms in total. The minimum atomic E-state index is 0.113. The first-order valence-corrected chi connectivity index (χ1v) is 7.12. The molecule has 0 aromatic carbocycles. The van der Waals surface area contributed by atoms with Gasteiger partial charge in [0.2, 0.25) is 0 Å². The van der Waals surface area contributed by atoms with Crippen LogP contribution in [0, 0.1) is 6.92 Å². The smallest absolute Gasteiger partial charge is 0.131 e. The summed E-state index contributed by atoms with van der Waals surface area (Å²) >= 11 is 0. The normalized spacial score (nSPS) is 11.1. The highest BCUT2D eigenvalue weighted by Gasteiger charge is 2.11. The topological polar surface area (TPSA) is 57.6 Å². The maximum atomic E-state index is 9.17. The molecule has 0 unspecified atom stereocenters. The number of methoxy groups -OCH3 is 1. The number of aromatic nitrogens is 1. The van der Waals surface area contributed by atoms with Crippen molar-refractivity contribution >= 4 is 5.82 Å². The van der Waals surface area contributed by atoms with Gasteiger partial charge in [-0.15, -0.1) is 0 Å². The zero-order valence-electron chi connectivity index (χ0n) is 13.0. The Bertz CT molecular complexity index is 397. The Kier molecular flexibility index (Phi) is 7.51. The summed E-state index contributed by atoms with van der Waals surface area (Å²) in [6.45, 7) is 9.17. The molecule has 0 atom stereocenters. The van der Waals surface area contributed by atoms with Gasteiger partial charge in [0.25, 0.3) is 0 Å². The average Bonchev–Trinajstić information content (AvgIpc) is 2.41. The van der Waals surface area contributed by atoms with E-state index in [0.717, 1.165) is 24.5 Å². The molecule has 0 saturated carbocycles. The van der Waals surface area contributed by atoms with E-state index in [9.17, 15) is 0 Å². The molecule has 0 aliphatic carbocycles. The lowest BCUT2D eigenvalue weighted by Crippen LogP contribution is -2.31. The minimum Gasteiger partial charge on any atom is -0.395 e. The van der Waals surface area contributed by atoms with E-state index in [1.54, 1.807) is 7.11 Å². The number of aliphatic hydroxyl groups excluding tert-OH is 1. The zero-order valence-corrected chi connectivity index (χ0v) is 13.0. The fourth-order valence-corrected chi connectivity index (χ4v) is 2.02. The van der Waals surface area contributed by atoms with E-state index in [1.807, 2.05) is 6.20 Å². The zero-order chi connectivity index (χ0) is 15.0. The second kappa shape index (κ2) is 8.89. The van der Waals surface area contributed by atoms with Crippen molar-refractivity contribution in [2.75, 3.05) is 38.3 Å². The van der Waals surface area contributed by atoms with Crippen molar-refractivity contribution in [3.63, 3.8) is 0 Å². The van der Waals surface area contributed by atoms with E-state index >= 15 is 0 Å². The molecule has 2 N–H and O–H groups in total. The Hall–Kier alpha value is -1.17. The van der Waals surface area contributed by atoms with Crippen molar-refractivity contribution in [1.29, 1.82) is 0 Å². The second-order valence-corrected chi connectivity index (χ2v) is 5.22. The summed E-state index contributed by atoms with van der Waals surface area (Å²) in [6.07, 6.45) is 1.90. The third kappa shape index (κ3) is 5.45. The first-order valence-electron chi connectivity index (χ1n) is 7.12. The Morgan fingerprint density at radius 1 is 1.40 bits per heavy atom. The number of aliphatic hydroxyl groups is 1. The summed E-state index contributed by atoms with van der Waals surface area (Å²) < 4.78 is 5.11. The molecule has 1 aromatic heterocycles. The van der Waals surface area contributed by atoms with Crippen LogP contribution in [0.4, 0.5) is 5.82 Å². The molecule has 5 heteroatoms. The van der Waals surface area contributed by atoms with E-state index in [-0.39, 0.29) is 6.61 Å². The number of nitrogens with zero attached hydrogens (tertiary/aromatic N) is 2. The number of ether oxygens (including phenoxy) is 1. The Morgan fingerprint density at radius 3 is 2.70 bits per heavy atom. The first kappa shape index (κ1) is 16.9. The molecule has 20 heavy (non-hydrogen) atoms. The highest BCUT2D eigenvalue weighted by Crippen LogP contribution is 2.17. The third-order valence-corrected chi connectivity index (χ3v) is 3.06. The largest absolute Gasteiger partial charge is 0.395 e. The van der Waals surface area contributed by atoms with Crippen LogP contribution < -0.4 is 10.2 Å². The molecular weight excluding hydrogens is 254 g/mol. The van der Waals surface area contributed by atoms with Crippen molar-refractivity contribution in [3.05, 3.63) is 23.4 Å². The van der Waals surface area contributed by atoms with Gasteiger partial charge < -0.3 is 20.1 Å². The molecule has 1 aromatic rings. The lowest BCUT2D eigenvalue weighted by atomic mass is 10.2. The molecule has 0 fully saturated rings. The molecule has 0 spiro atoms. The van der Waals surface area contributed by atoms with E-state index < -0.39 is 0 Å². The summed E-state index contributed by atoms with van der Waals surface area (Å²) in [7, 11) is 1.68. The predicted octanol–water partition coefficient (Wildman–Crippen LogP) is 1.33. The van der Waals surface area contributed by atoms with E-state index in [2.05, 4.69) is 42.0 Å². The fourth-order valence-electron chi connectivity index (χ4n) is 2.02. The Labute approximate surface area is 122 Å². The third-order valence-electron chi connectivity index (χ3n) is 3.06. The molecule has 1 rings (SSSR count). The standard InChI is InChI=1S/C15H27N3O2/c1-12(2)16-10-14-9-13(3)15(17-11-14)18(5-7-19)6-8-20-4/h9,11-12,16,19H,5-8,10H2,1-4H3. The van der Waals surface area contributed by atoms with Crippen LogP contribution in [0.2, 0.25) is 0 Å². The van der Waals surface area contributed by atoms with Gasteiger partial charge in [-0.05, 0) is 24.1 Å². The predicted molar refractivity (Wildman–Crippen MR) is 82.1 cm³/mol. The van der Waals surface area contributed by atoms with Crippen LogP contribution >= 0.6 is 0 Å². The van der Waals surface area contributed by atoms with Gasteiger partial charge in [0.05, 0.1) is 13.2 Å². The average molecular weight is 281 g/mol. The monoisotopic (exact) mass is 281 g/mol. The highest BCUT2D eigenvalue weighted by atomic mass is 16.5. The van der Waals surface area contributed by atoms with Crippen molar-refractivity contribution in [2.24, 2.45) is 0 Å². The molecule has 114 valence electrons. The van der Waals surface area contributed by atoms with Crippen LogP contribution in [-0.2, 0) is 11.3 Å². The quantitative estimate of drug-likeness (QED) is 0.715. The second-order valence-electron chi connectivity index (χ2n) is 5.22. The minimum absolute atomic E-state index is 0.113. The number of rotatable bonds is 9. The Morgan fingerprint density at radius 2 is 2.15 bits per heavy atom. The molecule has 1 heterocycles. The van der Waals surface area contributed by atoms with Crippen LogP contribution in [0.1, 0.15) is 25.0 Å². The summed E-state index contributed by atoms with van der Waals surface area (Å²) in [5, 5.41) is 12.6. The lowest BCUT2D eigenvalue weighted by molar-refractivity contribution is 0.202. The molecule has 0 bridgehead atoms. The number of anilines is 1. The molecule has 0 saturated heterocycles. The fraction of sp³-hybridized carbons (Fsp3) is 0.667. The number of pyridine rings is 1. The van der Waals surface area contributed by atoms with Crippen LogP contribution in [0.5, 0.6) is 0 Å². The maximum Gasteiger partial charge on any atom is 0.131 e. The molecule has 0 aliphatic heterocycles. The van der Waals surface area contributed by atoms with E-state index in [0.29, 0.717) is 19.2 Å². The highest BCUT2D eigenvalue weighted by molar-refractivity contribution is 5.47. The van der Waals surface area contributed by atoms with Crippen molar-refractivity contribution in [1.82, 2.24) is 10.3 Å². The van der Waals surface area contributed by atoms with Gasteiger partial charge in [-0.2, -0.15) is 0 Å². The number of nitrogens with one attached hydrogen (secondary N) is 1. The van der Waals surface area contributed by atoms with Gasteiger partial charge in [-0.25, -0.2) is 4.98 Å². The number of hydrogen-bond acceptors (Lipinski definition) is 5. The number of hydrogen-bond donors (Lipinski definition) is 2. The van der Waals surface area contributed by atoms with Gasteiger partial charge in [0.1, 0.15) is 5.82 Å². The van der Waals surface area contributed by atoms with Crippen LogP contribution in [0.3, 0.4) is 0 Å². The molecular formula is C15H27N3O2. The maximum absolute atomic E-state index is 9.17. The lowest BCUT2D eigenvalue weighted by Gasteiger charge is -2.24. The van der Waals surface area contributed by atoms with Gasteiger partial charge in [0, 0.05) is 39.0 Å². The van der Waals surface area contributed by atoms with Crippen molar-refractivity contribution in [3.8, 4) is 0 Å². The van der Waals surface area contributed by atoms with Crippen molar-refractivity contribution < 1.29 is 9.84 Å². The van der Waals surface area contributed by atoms with Crippen molar-refractivity contribution in [2.45, 2.75) is 33.4 Å². The van der Waals surface area contributed by atoms with Gasteiger partial charge in [-0.1, -0.05) is 13.8 Å². The summed E-state index contributed by atoms with van der Waals surface area (Å²) in [5.74, 6) is 0.921.